The minimum absolute atomic E-state index is 0.242. The zero-order valence-corrected chi connectivity index (χ0v) is 11.3. The van der Waals surface area contributed by atoms with Crippen LogP contribution in [0.5, 0.6) is 11.5 Å². The number of phenols is 1. The van der Waals surface area contributed by atoms with Crippen LogP contribution in [0.2, 0.25) is 0 Å². The standard InChI is InChI=1S/C16H14N2O3/c19-13-5-3-10-4-6-14(8-12(10)7-13)20-9-15-17-16(21-18-15)11-1-2-11/h3-8,11,19H,1-2,9H2. The Morgan fingerprint density at radius 1 is 1.14 bits per heavy atom. The first-order valence-corrected chi connectivity index (χ1v) is 6.96. The minimum atomic E-state index is 0.242. The molecule has 1 aromatic heterocycles. The van der Waals surface area contributed by atoms with Crippen molar-refractivity contribution in [3.05, 3.63) is 48.1 Å². The maximum atomic E-state index is 9.52. The fourth-order valence-corrected chi connectivity index (χ4v) is 2.27. The predicted octanol–water partition coefficient (Wildman–Crippen LogP) is 3.38. The molecular formula is C16H14N2O3. The Balaban J connectivity index is 1.50. The number of ether oxygens (including phenoxy) is 1. The first-order valence-electron chi connectivity index (χ1n) is 6.96. The molecule has 1 fully saturated rings. The van der Waals surface area contributed by atoms with Crippen molar-refractivity contribution in [2.45, 2.75) is 25.4 Å². The Kier molecular flexibility index (Phi) is 2.77. The van der Waals surface area contributed by atoms with E-state index in [0.717, 1.165) is 29.5 Å². The van der Waals surface area contributed by atoms with E-state index in [4.69, 9.17) is 9.26 Å². The van der Waals surface area contributed by atoms with Gasteiger partial charge in [-0.1, -0.05) is 17.3 Å². The number of fused-ring (bicyclic) bond motifs is 1. The normalized spacial score (nSPS) is 14.5. The highest BCUT2D eigenvalue weighted by atomic mass is 16.5. The lowest BCUT2D eigenvalue weighted by molar-refractivity contribution is 0.285. The Morgan fingerprint density at radius 3 is 2.86 bits per heavy atom. The van der Waals surface area contributed by atoms with Crippen LogP contribution in [0, 0.1) is 0 Å². The molecule has 106 valence electrons. The van der Waals surface area contributed by atoms with Gasteiger partial charge in [-0.3, -0.25) is 0 Å². The fraction of sp³-hybridized carbons (Fsp3) is 0.250. The molecule has 0 spiro atoms. The van der Waals surface area contributed by atoms with E-state index in [2.05, 4.69) is 10.1 Å². The molecule has 0 radical (unpaired) electrons. The van der Waals surface area contributed by atoms with E-state index < -0.39 is 0 Å². The maximum Gasteiger partial charge on any atom is 0.229 e. The lowest BCUT2D eigenvalue weighted by Crippen LogP contribution is -1.97. The Labute approximate surface area is 121 Å². The van der Waals surface area contributed by atoms with Gasteiger partial charge in [0.2, 0.25) is 11.7 Å². The molecule has 5 heteroatoms. The summed E-state index contributed by atoms with van der Waals surface area (Å²) in [7, 11) is 0. The van der Waals surface area contributed by atoms with Gasteiger partial charge in [-0.25, -0.2) is 0 Å². The van der Waals surface area contributed by atoms with Crippen molar-refractivity contribution in [3.63, 3.8) is 0 Å². The molecule has 2 aromatic carbocycles. The third-order valence-electron chi connectivity index (χ3n) is 3.57. The molecule has 0 bridgehead atoms. The summed E-state index contributed by atoms with van der Waals surface area (Å²) in [6.07, 6.45) is 2.27. The van der Waals surface area contributed by atoms with Gasteiger partial charge in [0.15, 0.2) is 6.61 Å². The van der Waals surface area contributed by atoms with Gasteiger partial charge in [0, 0.05) is 5.92 Å². The predicted molar refractivity (Wildman–Crippen MR) is 76.2 cm³/mol. The van der Waals surface area contributed by atoms with Gasteiger partial charge in [0.05, 0.1) is 0 Å². The maximum absolute atomic E-state index is 9.52. The van der Waals surface area contributed by atoms with Gasteiger partial charge >= 0.3 is 0 Å². The quantitative estimate of drug-likeness (QED) is 0.794. The third kappa shape index (κ3) is 2.54. The summed E-state index contributed by atoms with van der Waals surface area (Å²) in [6, 6.07) is 11.0. The number of benzene rings is 2. The molecule has 0 saturated heterocycles. The van der Waals surface area contributed by atoms with Gasteiger partial charge in [-0.05, 0) is 47.9 Å². The van der Waals surface area contributed by atoms with Crippen molar-refractivity contribution >= 4 is 10.8 Å². The van der Waals surface area contributed by atoms with Crippen LogP contribution in [-0.2, 0) is 6.61 Å². The monoisotopic (exact) mass is 282 g/mol. The van der Waals surface area contributed by atoms with Crippen LogP contribution in [0.1, 0.15) is 30.5 Å². The smallest absolute Gasteiger partial charge is 0.229 e. The van der Waals surface area contributed by atoms with E-state index in [1.165, 1.54) is 0 Å². The molecule has 0 aliphatic heterocycles. The van der Waals surface area contributed by atoms with Crippen molar-refractivity contribution in [3.8, 4) is 11.5 Å². The number of phenolic OH excluding ortho intramolecular Hbond substituents is 1. The van der Waals surface area contributed by atoms with Gasteiger partial charge in [-0.15, -0.1) is 0 Å². The zero-order valence-electron chi connectivity index (χ0n) is 11.3. The average Bonchev–Trinajstić information content (AvgIpc) is 3.24. The average molecular weight is 282 g/mol. The van der Waals surface area contributed by atoms with Crippen molar-refractivity contribution < 1.29 is 14.4 Å². The second-order valence-corrected chi connectivity index (χ2v) is 5.31. The van der Waals surface area contributed by atoms with Crippen LogP contribution in [0.4, 0.5) is 0 Å². The van der Waals surface area contributed by atoms with Crippen molar-refractivity contribution in [2.24, 2.45) is 0 Å². The van der Waals surface area contributed by atoms with Crippen molar-refractivity contribution in [1.29, 1.82) is 0 Å². The number of nitrogens with zero attached hydrogens (tertiary/aromatic N) is 2. The molecule has 0 amide bonds. The van der Waals surface area contributed by atoms with E-state index in [-0.39, 0.29) is 12.4 Å². The molecular weight excluding hydrogens is 268 g/mol. The summed E-state index contributed by atoms with van der Waals surface area (Å²) in [5.41, 5.74) is 0. The molecule has 5 nitrogen and oxygen atoms in total. The first-order chi connectivity index (χ1) is 10.3. The van der Waals surface area contributed by atoms with E-state index >= 15 is 0 Å². The third-order valence-corrected chi connectivity index (χ3v) is 3.57. The van der Waals surface area contributed by atoms with E-state index in [1.54, 1.807) is 12.1 Å². The van der Waals surface area contributed by atoms with Crippen molar-refractivity contribution in [1.82, 2.24) is 10.1 Å². The largest absolute Gasteiger partial charge is 0.508 e. The highest BCUT2D eigenvalue weighted by Gasteiger charge is 2.29. The van der Waals surface area contributed by atoms with E-state index in [9.17, 15) is 5.11 Å². The minimum Gasteiger partial charge on any atom is -0.508 e. The zero-order chi connectivity index (χ0) is 14.2. The Bertz CT molecular complexity index is 793. The second-order valence-electron chi connectivity index (χ2n) is 5.31. The van der Waals surface area contributed by atoms with Gasteiger partial charge in [-0.2, -0.15) is 4.98 Å². The van der Waals surface area contributed by atoms with Crippen LogP contribution < -0.4 is 4.74 Å². The molecule has 1 aliphatic rings. The summed E-state index contributed by atoms with van der Waals surface area (Å²) >= 11 is 0. The summed E-state index contributed by atoms with van der Waals surface area (Å²) in [5, 5.41) is 15.4. The molecule has 1 heterocycles. The molecule has 21 heavy (non-hydrogen) atoms. The second kappa shape index (κ2) is 4.77. The fourth-order valence-electron chi connectivity index (χ4n) is 2.27. The van der Waals surface area contributed by atoms with Crippen molar-refractivity contribution in [2.75, 3.05) is 0 Å². The van der Waals surface area contributed by atoms with Crippen LogP contribution in [0.25, 0.3) is 10.8 Å². The molecule has 1 aliphatic carbocycles. The summed E-state index contributed by atoms with van der Waals surface area (Å²) in [4.78, 5) is 4.32. The highest BCUT2D eigenvalue weighted by molar-refractivity contribution is 5.85. The number of hydrogen-bond donors (Lipinski definition) is 1. The lowest BCUT2D eigenvalue weighted by Gasteiger charge is -2.05. The molecule has 1 N–H and O–H groups in total. The topological polar surface area (TPSA) is 68.4 Å². The molecule has 1 saturated carbocycles. The summed E-state index contributed by atoms with van der Waals surface area (Å²) in [5.74, 6) is 2.69. The van der Waals surface area contributed by atoms with Gasteiger partial charge in [0.25, 0.3) is 0 Å². The van der Waals surface area contributed by atoms with E-state index in [0.29, 0.717) is 17.5 Å². The van der Waals surface area contributed by atoms with Crippen LogP contribution in [0.3, 0.4) is 0 Å². The SMILES string of the molecule is Oc1ccc2ccc(OCc3noc(C4CC4)n3)cc2c1. The lowest BCUT2D eigenvalue weighted by atomic mass is 10.1. The molecule has 4 rings (SSSR count). The van der Waals surface area contributed by atoms with Gasteiger partial charge in [0.1, 0.15) is 11.5 Å². The Morgan fingerprint density at radius 2 is 2.00 bits per heavy atom. The number of aromatic hydroxyl groups is 1. The van der Waals surface area contributed by atoms with E-state index in [1.807, 2.05) is 24.3 Å². The number of aromatic nitrogens is 2. The molecule has 0 atom stereocenters. The summed E-state index contributed by atoms with van der Waals surface area (Å²) in [6.45, 7) is 0.278. The van der Waals surface area contributed by atoms with Crippen LogP contribution in [0.15, 0.2) is 40.9 Å². The highest BCUT2D eigenvalue weighted by Crippen LogP contribution is 2.38. The molecule has 3 aromatic rings. The molecule has 0 unspecified atom stereocenters. The number of rotatable bonds is 4. The first kappa shape index (κ1) is 12.2. The van der Waals surface area contributed by atoms with Crippen LogP contribution >= 0.6 is 0 Å². The van der Waals surface area contributed by atoms with Crippen LogP contribution in [-0.4, -0.2) is 15.2 Å². The Hall–Kier alpha value is -2.56. The van der Waals surface area contributed by atoms with Gasteiger partial charge < -0.3 is 14.4 Å². The summed E-state index contributed by atoms with van der Waals surface area (Å²) < 4.78 is 10.9. The number of hydrogen-bond acceptors (Lipinski definition) is 5.